The maximum atomic E-state index is 13.0. The number of nitrogens with one attached hydrogen (secondary N) is 1. The van der Waals surface area contributed by atoms with Crippen molar-refractivity contribution in [3.63, 3.8) is 0 Å². The largest absolute Gasteiger partial charge is 0.490 e. The molecule has 0 aromatic heterocycles. The fourth-order valence-electron chi connectivity index (χ4n) is 3.59. The smallest absolute Gasteiger partial charge is 0.256 e. The third-order valence-electron chi connectivity index (χ3n) is 5.13. The highest BCUT2D eigenvalue weighted by Crippen LogP contribution is 2.36. The zero-order chi connectivity index (χ0) is 18.4. The van der Waals surface area contributed by atoms with E-state index in [1.54, 1.807) is 0 Å². The predicted octanol–water partition coefficient (Wildman–Crippen LogP) is 5.10. The molecule has 4 nitrogen and oxygen atoms in total. The van der Waals surface area contributed by atoms with Crippen molar-refractivity contribution in [2.24, 2.45) is 5.92 Å². The molecule has 0 bridgehead atoms. The minimum Gasteiger partial charge on any atom is -0.490 e. The molecule has 25 heavy (non-hydrogen) atoms. The van der Waals surface area contributed by atoms with E-state index in [1.807, 2.05) is 32.0 Å². The lowest BCUT2D eigenvalue weighted by Crippen LogP contribution is -2.48. The van der Waals surface area contributed by atoms with Crippen molar-refractivity contribution < 1.29 is 14.3 Å². The van der Waals surface area contributed by atoms with Crippen LogP contribution in [0.4, 0.5) is 5.69 Å². The van der Waals surface area contributed by atoms with E-state index >= 15 is 0 Å². The van der Waals surface area contributed by atoms with Gasteiger partial charge in [0.15, 0.2) is 0 Å². The first-order valence-corrected chi connectivity index (χ1v) is 9.63. The van der Waals surface area contributed by atoms with Crippen LogP contribution in [0.15, 0.2) is 18.2 Å². The van der Waals surface area contributed by atoms with Gasteiger partial charge in [-0.3, -0.25) is 4.79 Å². The Kier molecular flexibility index (Phi) is 6.88. The molecular weight excluding hydrogens is 314 g/mol. The van der Waals surface area contributed by atoms with Gasteiger partial charge in [0.25, 0.3) is 5.91 Å². The fourth-order valence-corrected chi connectivity index (χ4v) is 3.59. The van der Waals surface area contributed by atoms with Crippen molar-refractivity contribution in [3.8, 4) is 5.75 Å². The minimum absolute atomic E-state index is 0.0177. The van der Waals surface area contributed by atoms with Crippen molar-refractivity contribution in [1.29, 1.82) is 0 Å². The van der Waals surface area contributed by atoms with Crippen molar-refractivity contribution in [2.45, 2.75) is 78.4 Å². The minimum atomic E-state index is -0.688. The molecule has 1 amide bonds. The summed E-state index contributed by atoms with van der Waals surface area (Å²) >= 11 is 0. The first-order chi connectivity index (χ1) is 11.9. The molecule has 140 valence electrons. The summed E-state index contributed by atoms with van der Waals surface area (Å²) in [6, 6.07) is 5.82. The summed E-state index contributed by atoms with van der Waals surface area (Å²) in [4.78, 5) is 13.0. The second-order valence-electron chi connectivity index (χ2n) is 7.40. The highest BCUT2D eigenvalue weighted by molar-refractivity contribution is 5.97. The summed E-state index contributed by atoms with van der Waals surface area (Å²) in [7, 11) is 0. The lowest BCUT2D eigenvalue weighted by Gasteiger charge is -2.38. The normalized spacial score (nSPS) is 24.6. The summed E-state index contributed by atoms with van der Waals surface area (Å²) in [5.41, 5.74) is 1.14. The van der Waals surface area contributed by atoms with E-state index in [4.69, 9.17) is 9.47 Å². The lowest BCUT2D eigenvalue weighted by molar-refractivity contribution is -0.147. The zero-order valence-electron chi connectivity index (χ0n) is 16.4. The Bertz CT molecular complexity index is 583. The van der Waals surface area contributed by atoms with E-state index in [2.05, 4.69) is 26.1 Å². The standard InChI is InChI=1S/C21H33NO3/c1-6-17(5)25-19-11-10-18(13-16(19)4)22-20(23)21(24-7-2)12-8-9-15(3)14-21/h10-11,13,15,17H,6-9,12,14H2,1-5H3,(H,22,23)/t15-,17-,21+/m0/s1. The second-order valence-corrected chi connectivity index (χ2v) is 7.40. The molecule has 3 atom stereocenters. The number of aryl methyl sites for hydroxylation is 1. The molecule has 0 saturated heterocycles. The Labute approximate surface area is 152 Å². The lowest BCUT2D eigenvalue weighted by atomic mass is 9.78. The molecule has 0 radical (unpaired) electrons. The zero-order valence-corrected chi connectivity index (χ0v) is 16.4. The number of hydrogen-bond acceptors (Lipinski definition) is 3. The van der Waals surface area contributed by atoms with E-state index in [1.165, 1.54) is 6.42 Å². The quantitative estimate of drug-likeness (QED) is 0.747. The molecule has 0 spiro atoms. The molecule has 0 heterocycles. The van der Waals surface area contributed by atoms with Crippen LogP contribution in [0.2, 0.25) is 0 Å². The fraction of sp³-hybridized carbons (Fsp3) is 0.667. The van der Waals surface area contributed by atoms with E-state index in [9.17, 15) is 4.79 Å². The summed E-state index contributed by atoms with van der Waals surface area (Å²) < 4.78 is 11.9. The average Bonchev–Trinajstić information content (AvgIpc) is 2.57. The van der Waals surface area contributed by atoms with Crippen LogP contribution in [0, 0.1) is 12.8 Å². The number of carbonyl (C=O) groups is 1. The van der Waals surface area contributed by atoms with Gasteiger partial charge in [-0.25, -0.2) is 0 Å². The number of hydrogen-bond donors (Lipinski definition) is 1. The molecule has 1 aromatic carbocycles. The van der Waals surface area contributed by atoms with Gasteiger partial charge in [-0.15, -0.1) is 0 Å². The van der Waals surface area contributed by atoms with Gasteiger partial charge >= 0.3 is 0 Å². The highest BCUT2D eigenvalue weighted by atomic mass is 16.5. The molecule has 0 unspecified atom stereocenters. The number of benzene rings is 1. The molecular formula is C21H33NO3. The van der Waals surface area contributed by atoms with Crippen LogP contribution in [-0.2, 0) is 9.53 Å². The summed E-state index contributed by atoms with van der Waals surface area (Å²) in [6.45, 7) is 10.9. The van der Waals surface area contributed by atoms with Crippen LogP contribution >= 0.6 is 0 Å². The van der Waals surface area contributed by atoms with E-state index in [0.717, 1.165) is 42.7 Å². The highest BCUT2D eigenvalue weighted by Gasteiger charge is 2.42. The predicted molar refractivity (Wildman–Crippen MR) is 102 cm³/mol. The molecule has 1 N–H and O–H groups in total. The van der Waals surface area contributed by atoms with Crippen LogP contribution in [-0.4, -0.2) is 24.2 Å². The summed E-state index contributed by atoms with van der Waals surface area (Å²) in [6.07, 6.45) is 4.95. The van der Waals surface area contributed by atoms with Crippen molar-refractivity contribution in [3.05, 3.63) is 23.8 Å². The first-order valence-electron chi connectivity index (χ1n) is 9.63. The first kappa shape index (κ1) is 19.8. The Morgan fingerprint density at radius 1 is 1.40 bits per heavy atom. The summed E-state index contributed by atoms with van der Waals surface area (Å²) in [5, 5.41) is 3.07. The van der Waals surface area contributed by atoms with Gasteiger partial charge < -0.3 is 14.8 Å². The molecule has 0 aliphatic heterocycles. The molecule has 1 saturated carbocycles. The molecule has 1 aliphatic rings. The second kappa shape index (κ2) is 8.70. The van der Waals surface area contributed by atoms with Gasteiger partial charge in [0.1, 0.15) is 11.4 Å². The van der Waals surface area contributed by atoms with Crippen molar-refractivity contribution in [2.75, 3.05) is 11.9 Å². The van der Waals surface area contributed by atoms with Crippen LogP contribution < -0.4 is 10.1 Å². The van der Waals surface area contributed by atoms with E-state index < -0.39 is 5.60 Å². The number of amides is 1. The number of rotatable bonds is 7. The summed E-state index contributed by atoms with van der Waals surface area (Å²) in [5.74, 6) is 1.37. The van der Waals surface area contributed by atoms with Crippen molar-refractivity contribution >= 4 is 11.6 Å². The van der Waals surface area contributed by atoms with Gasteiger partial charge in [-0.2, -0.15) is 0 Å². The Morgan fingerprint density at radius 2 is 2.16 bits per heavy atom. The van der Waals surface area contributed by atoms with Crippen LogP contribution in [0.1, 0.15) is 65.4 Å². The van der Waals surface area contributed by atoms with Gasteiger partial charge in [-0.1, -0.05) is 20.3 Å². The molecule has 1 aromatic rings. The van der Waals surface area contributed by atoms with Gasteiger partial charge in [0, 0.05) is 12.3 Å². The van der Waals surface area contributed by atoms with Crippen LogP contribution in [0.25, 0.3) is 0 Å². The topological polar surface area (TPSA) is 47.6 Å². The van der Waals surface area contributed by atoms with Crippen LogP contribution in [0.5, 0.6) is 5.75 Å². The van der Waals surface area contributed by atoms with Gasteiger partial charge in [-0.05, 0) is 76.1 Å². The van der Waals surface area contributed by atoms with Crippen molar-refractivity contribution in [1.82, 2.24) is 0 Å². The monoisotopic (exact) mass is 347 g/mol. The SMILES string of the molecule is CCO[C@]1(C(=O)Nc2ccc(O[C@@H](C)CC)c(C)c2)CCC[C@H](C)C1. The average molecular weight is 347 g/mol. The Balaban J connectivity index is 2.11. The Morgan fingerprint density at radius 3 is 2.76 bits per heavy atom. The number of carbonyl (C=O) groups excluding carboxylic acids is 1. The van der Waals surface area contributed by atoms with Gasteiger partial charge in [0.2, 0.25) is 0 Å². The Hall–Kier alpha value is -1.55. The number of anilines is 1. The molecule has 4 heteroatoms. The maximum Gasteiger partial charge on any atom is 0.256 e. The third kappa shape index (κ3) is 4.97. The number of ether oxygens (including phenoxy) is 2. The van der Waals surface area contributed by atoms with E-state index in [0.29, 0.717) is 12.5 Å². The maximum absolute atomic E-state index is 13.0. The third-order valence-corrected chi connectivity index (χ3v) is 5.13. The van der Waals surface area contributed by atoms with E-state index in [-0.39, 0.29) is 12.0 Å². The molecule has 1 aliphatic carbocycles. The molecule has 2 rings (SSSR count). The van der Waals surface area contributed by atoms with Crippen LogP contribution in [0.3, 0.4) is 0 Å². The molecule has 1 fully saturated rings. The van der Waals surface area contributed by atoms with Gasteiger partial charge in [0.05, 0.1) is 6.10 Å².